The zero-order valence-electron chi connectivity index (χ0n) is 9.16. The lowest BCUT2D eigenvalue weighted by Gasteiger charge is -2.15. The summed E-state index contributed by atoms with van der Waals surface area (Å²) in [5.41, 5.74) is 1.10. The average molecular weight is 236 g/mol. The van der Waals surface area contributed by atoms with Crippen LogP contribution >= 0.6 is 0 Å². The number of carbonyl (C=O) groups excluding carboxylic acids is 1. The highest BCUT2D eigenvalue weighted by Gasteiger charge is 2.26. The Morgan fingerprint density at radius 3 is 2.82 bits per heavy atom. The van der Waals surface area contributed by atoms with E-state index in [9.17, 15) is 15.0 Å². The fraction of sp³-hybridized carbons (Fsp3) is 0.250. The molecule has 0 bridgehead atoms. The Hall–Kier alpha value is -1.85. The Morgan fingerprint density at radius 2 is 2.12 bits per heavy atom. The number of rotatable bonds is 3. The summed E-state index contributed by atoms with van der Waals surface area (Å²) in [6.45, 7) is 0. The van der Waals surface area contributed by atoms with Crippen molar-refractivity contribution in [3.63, 3.8) is 0 Å². The first-order valence-corrected chi connectivity index (χ1v) is 5.04. The number of aliphatic hydroxyl groups excluding tert-OH is 2. The van der Waals surface area contributed by atoms with Crippen LogP contribution in [0.2, 0.25) is 0 Å². The molecule has 0 saturated carbocycles. The summed E-state index contributed by atoms with van der Waals surface area (Å²) in [7, 11) is 1.15. The SMILES string of the molecule is COC(=O)C(O)C(O)c1ccc2occc2c1. The van der Waals surface area contributed by atoms with Gasteiger partial charge < -0.3 is 19.4 Å². The molecule has 2 atom stereocenters. The highest BCUT2D eigenvalue weighted by atomic mass is 16.5. The average Bonchev–Trinajstić information content (AvgIpc) is 2.83. The van der Waals surface area contributed by atoms with E-state index < -0.39 is 18.2 Å². The molecule has 2 unspecified atom stereocenters. The van der Waals surface area contributed by atoms with Gasteiger partial charge in [0.1, 0.15) is 11.7 Å². The summed E-state index contributed by atoms with van der Waals surface area (Å²) in [5, 5.41) is 20.1. The molecule has 5 heteroatoms. The summed E-state index contributed by atoms with van der Waals surface area (Å²) >= 11 is 0. The smallest absolute Gasteiger partial charge is 0.337 e. The predicted molar refractivity (Wildman–Crippen MR) is 59.2 cm³/mol. The maximum absolute atomic E-state index is 11.1. The Morgan fingerprint density at radius 1 is 1.35 bits per heavy atom. The molecule has 17 heavy (non-hydrogen) atoms. The molecule has 2 N–H and O–H groups in total. The van der Waals surface area contributed by atoms with Gasteiger partial charge in [-0.25, -0.2) is 4.79 Å². The van der Waals surface area contributed by atoms with Gasteiger partial charge in [-0.05, 0) is 23.8 Å². The van der Waals surface area contributed by atoms with Crippen molar-refractivity contribution in [1.82, 2.24) is 0 Å². The third-order valence-electron chi connectivity index (χ3n) is 2.56. The molecular weight excluding hydrogens is 224 g/mol. The molecule has 1 aromatic heterocycles. The van der Waals surface area contributed by atoms with Gasteiger partial charge in [-0.3, -0.25) is 0 Å². The van der Waals surface area contributed by atoms with Crippen LogP contribution < -0.4 is 0 Å². The number of ether oxygens (including phenoxy) is 1. The summed E-state index contributed by atoms with van der Waals surface area (Å²) < 4.78 is 9.51. The molecule has 1 aromatic carbocycles. The predicted octanol–water partition coefficient (Wildman–Crippen LogP) is 1.00. The van der Waals surface area contributed by atoms with E-state index in [0.29, 0.717) is 11.1 Å². The second kappa shape index (κ2) is 4.57. The molecule has 2 rings (SSSR count). The molecule has 0 saturated heterocycles. The minimum atomic E-state index is -1.59. The normalized spacial score (nSPS) is 14.5. The van der Waals surface area contributed by atoms with Crippen molar-refractivity contribution in [1.29, 1.82) is 0 Å². The van der Waals surface area contributed by atoms with Crippen LogP contribution in [0.5, 0.6) is 0 Å². The maximum Gasteiger partial charge on any atom is 0.337 e. The number of furan rings is 1. The van der Waals surface area contributed by atoms with Gasteiger partial charge in [0.15, 0.2) is 6.10 Å². The number of hydrogen-bond acceptors (Lipinski definition) is 5. The van der Waals surface area contributed by atoms with E-state index in [0.717, 1.165) is 12.5 Å². The van der Waals surface area contributed by atoms with Crippen molar-refractivity contribution in [3.8, 4) is 0 Å². The molecule has 0 fully saturated rings. The van der Waals surface area contributed by atoms with Crippen molar-refractivity contribution in [2.24, 2.45) is 0 Å². The van der Waals surface area contributed by atoms with Crippen LogP contribution in [0.15, 0.2) is 34.9 Å². The number of aliphatic hydroxyl groups is 2. The van der Waals surface area contributed by atoms with Crippen molar-refractivity contribution in [2.75, 3.05) is 7.11 Å². The van der Waals surface area contributed by atoms with Gasteiger partial charge in [0.2, 0.25) is 0 Å². The van der Waals surface area contributed by atoms with Gasteiger partial charge in [-0.2, -0.15) is 0 Å². The van der Waals surface area contributed by atoms with E-state index in [1.165, 1.54) is 6.26 Å². The number of benzene rings is 1. The lowest BCUT2D eigenvalue weighted by atomic mass is 10.0. The summed E-state index contributed by atoms with van der Waals surface area (Å²) in [4.78, 5) is 11.1. The van der Waals surface area contributed by atoms with Gasteiger partial charge in [0, 0.05) is 5.39 Å². The lowest BCUT2D eigenvalue weighted by Crippen LogP contribution is -2.28. The van der Waals surface area contributed by atoms with Gasteiger partial charge in [-0.1, -0.05) is 6.07 Å². The number of methoxy groups -OCH3 is 1. The van der Waals surface area contributed by atoms with Crippen LogP contribution in [0.1, 0.15) is 11.7 Å². The van der Waals surface area contributed by atoms with Crippen LogP contribution in [-0.2, 0) is 9.53 Å². The molecule has 1 heterocycles. The second-order valence-corrected chi connectivity index (χ2v) is 3.63. The summed E-state index contributed by atoms with van der Waals surface area (Å²) in [6, 6.07) is 6.63. The molecule has 5 nitrogen and oxygen atoms in total. The molecule has 0 aliphatic rings. The fourth-order valence-corrected chi connectivity index (χ4v) is 1.60. The third-order valence-corrected chi connectivity index (χ3v) is 2.56. The van der Waals surface area contributed by atoms with Gasteiger partial charge in [0.25, 0.3) is 0 Å². The molecule has 0 radical (unpaired) electrons. The quantitative estimate of drug-likeness (QED) is 0.777. The van der Waals surface area contributed by atoms with E-state index >= 15 is 0 Å². The first kappa shape index (κ1) is 11.6. The van der Waals surface area contributed by atoms with Crippen molar-refractivity contribution >= 4 is 16.9 Å². The molecule has 2 aromatic rings. The zero-order valence-corrected chi connectivity index (χ0v) is 9.16. The van der Waals surface area contributed by atoms with E-state index in [4.69, 9.17) is 4.42 Å². The number of fused-ring (bicyclic) bond motifs is 1. The second-order valence-electron chi connectivity index (χ2n) is 3.63. The molecule has 0 aliphatic carbocycles. The maximum atomic E-state index is 11.1. The molecule has 0 spiro atoms. The molecule has 0 aliphatic heterocycles. The van der Waals surface area contributed by atoms with E-state index in [1.54, 1.807) is 24.3 Å². The standard InChI is InChI=1S/C12H12O5/c1-16-12(15)11(14)10(13)8-2-3-9-7(6-8)4-5-17-9/h2-6,10-11,13-14H,1H3. The number of hydrogen-bond donors (Lipinski definition) is 2. The largest absolute Gasteiger partial charge is 0.467 e. The first-order chi connectivity index (χ1) is 8.13. The van der Waals surface area contributed by atoms with Crippen LogP contribution in [0.25, 0.3) is 11.0 Å². The van der Waals surface area contributed by atoms with E-state index in [-0.39, 0.29) is 0 Å². The topological polar surface area (TPSA) is 79.9 Å². The lowest BCUT2D eigenvalue weighted by molar-refractivity contribution is -0.156. The van der Waals surface area contributed by atoms with Crippen LogP contribution in [0, 0.1) is 0 Å². The monoisotopic (exact) mass is 236 g/mol. The zero-order chi connectivity index (χ0) is 12.4. The van der Waals surface area contributed by atoms with Crippen molar-refractivity contribution in [2.45, 2.75) is 12.2 Å². The van der Waals surface area contributed by atoms with Crippen LogP contribution in [0.4, 0.5) is 0 Å². The molecule has 0 amide bonds. The number of carbonyl (C=O) groups is 1. The number of esters is 1. The van der Waals surface area contributed by atoms with E-state index in [2.05, 4.69) is 4.74 Å². The minimum absolute atomic E-state index is 0.428. The van der Waals surface area contributed by atoms with Gasteiger partial charge in [0.05, 0.1) is 13.4 Å². The van der Waals surface area contributed by atoms with Gasteiger partial charge >= 0.3 is 5.97 Å². The highest BCUT2D eigenvalue weighted by Crippen LogP contribution is 2.23. The molecule has 90 valence electrons. The van der Waals surface area contributed by atoms with Crippen molar-refractivity contribution < 1.29 is 24.2 Å². The van der Waals surface area contributed by atoms with E-state index in [1.807, 2.05) is 0 Å². The Kier molecular flexibility index (Phi) is 3.12. The summed E-state index contributed by atoms with van der Waals surface area (Å²) in [6.07, 6.45) is -1.39. The van der Waals surface area contributed by atoms with Crippen LogP contribution in [-0.4, -0.2) is 29.4 Å². The Balaban J connectivity index is 2.29. The van der Waals surface area contributed by atoms with Crippen LogP contribution in [0.3, 0.4) is 0 Å². The van der Waals surface area contributed by atoms with Gasteiger partial charge in [-0.15, -0.1) is 0 Å². The third kappa shape index (κ3) is 2.15. The highest BCUT2D eigenvalue weighted by molar-refractivity contribution is 5.79. The minimum Gasteiger partial charge on any atom is -0.467 e. The Labute approximate surface area is 97.2 Å². The molecular formula is C12H12O5. The Bertz CT molecular complexity index is 530. The van der Waals surface area contributed by atoms with Crippen molar-refractivity contribution in [3.05, 3.63) is 36.1 Å². The fourth-order valence-electron chi connectivity index (χ4n) is 1.60. The summed E-state index contributed by atoms with van der Waals surface area (Å²) in [5.74, 6) is -0.871. The first-order valence-electron chi connectivity index (χ1n) is 5.04.